The van der Waals surface area contributed by atoms with E-state index < -0.39 is 38.9 Å². The van der Waals surface area contributed by atoms with Crippen molar-refractivity contribution in [3.8, 4) is 17.4 Å². The Kier molecular flexibility index (Phi) is 7.89. The summed E-state index contributed by atoms with van der Waals surface area (Å²) in [5, 5.41) is 10.0. The second-order valence-corrected chi connectivity index (χ2v) is 11.9. The number of halogens is 4. The number of hydrogen-bond acceptors (Lipinski definition) is 10. The van der Waals surface area contributed by atoms with E-state index in [0.717, 1.165) is 19.4 Å². The minimum absolute atomic E-state index is 0.00921. The molecule has 1 aromatic carbocycles. The van der Waals surface area contributed by atoms with Gasteiger partial charge in [-0.2, -0.15) is 26.6 Å². The Morgan fingerprint density at radius 1 is 1.19 bits per heavy atom. The van der Waals surface area contributed by atoms with Crippen LogP contribution >= 0.6 is 0 Å². The zero-order valence-electron chi connectivity index (χ0n) is 22.2. The molecule has 1 fully saturated rings. The molecule has 0 radical (unpaired) electrons. The minimum atomic E-state index is -4.68. The van der Waals surface area contributed by atoms with Crippen LogP contribution in [0.3, 0.4) is 0 Å². The Hall–Kier alpha value is -3.76. The third kappa shape index (κ3) is 6.19. The van der Waals surface area contributed by atoms with Crippen LogP contribution in [0.2, 0.25) is 0 Å². The number of aromatic nitrogens is 3. The molecule has 3 aromatic rings. The van der Waals surface area contributed by atoms with Crippen molar-refractivity contribution in [1.82, 2.24) is 14.5 Å². The number of piperidine rings is 1. The van der Waals surface area contributed by atoms with E-state index in [9.17, 15) is 35.9 Å². The van der Waals surface area contributed by atoms with Gasteiger partial charge in [-0.05, 0) is 36.6 Å². The van der Waals surface area contributed by atoms with Crippen molar-refractivity contribution in [2.24, 2.45) is 5.41 Å². The number of anilines is 1. The van der Waals surface area contributed by atoms with Gasteiger partial charge in [-0.25, -0.2) is 9.18 Å². The van der Waals surface area contributed by atoms with Crippen LogP contribution in [-0.2, 0) is 33.6 Å². The molecule has 11 nitrogen and oxygen atoms in total. The van der Waals surface area contributed by atoms with E-state index in [-0.39, 0.29) is 48.9 Å². The summed E-state index contributed by atoms with van der Waals surface area (Å²) in [4.78, 5) is 21.9. The van der Waals surface area contributed by atoms with E-state index in [1.165, 1.54) is 22.8 Å². The van der Waals surface area contributed by atoms with Crippen molar-refractivity contribution in [2.75, 3.05) is 30.9 Å². The van der Waals surface area contributed by atoms with Crippen molar-refractivity contribution in [2.45, 2.75) is 38.2 Å². The Bertz CT molecular complexity index is 1650. The lowest BCUT2D eigenvalue weighted by molar-refractivity contribution is -0.141. The molecule has 4 heterocycles. The van der Waals surface area contributed by atoms with Crippen molar-refractivity contribution in [3.05, 3.63) is 70.2 Å². The van der Waals surface area contributed by atoms with Crippen LogP contribution in [0.1, 0.15) is 24.1 Å². The highest BCUT2D eigenvalue weighted by Gasteiger charge is 2.46. The van der Waals surface area contributed by atoms with Crippen LogP contribution < -0.4 is 20.1 Å². The Labute approximate surface area is 237 Å². The van der Waals surface area contributed by atoms with Gasteiger partial charge in [0.1, 0.15) is 23.9 Å². The third-order valence-corrected chi connectivity index (χ3v) is 8.82. The Morgan fingerprint density at radius 2 is 1.98 bits per heavy atom. The van der Waals surface area contributed by atoms with Gasteiger partial charge in [0, 0.05) is 49.5 Å². The molecule has 2 aliphatic rings. The van der Waals surface area contributed by atoms with Gasteiger partial charge in [0.05, 0.1) is 12.9 Å². The fraction of sp³-hybridized carbons (Fsp3) is 0.423. The molecule has 42 heavy (non-hydrogen) atoms. The number of benzene rings is 1. The fourth-order valence-corrected chi connectivity index (χ4v) is 6.49. The first-order chi connectivity index (χ1) is 19.8. The normalized spacial score (nSPS) is 20.2. The summed E-state index contributed by atoms with van der Waals surface area (Å²) in [5.41, 5.74) is -2.32. The van der Waals surface area contributed by atoms with Crippen molar-refractivity contribution < 1.29 is 44.7 Å². The lowest BCUT2D eigenvalue weighted by Gasteiger charge is -2.43. The Morgan fingerprint density at radius 3 is 2.67 bits per heavy atom. The SMILES string of the molecule is COS(=O)(=O)CC1(CO)CCN2c3cc(OCc4ccc(Oc5ccnc(C(F)(F)F)c5)c(F)c4)nc(=O)n3CC2C1. The standard InChI is InChI=1S/C26H26F4N4O7S/c1-39-42(37,38)15-25(14-35)5-7-33-17(11-25)12-34-23(33)10-22(32-24(34)36)40-13-16-2-3-20(19(27)8-16)41-18-4-6-31-21(9-18)26(28,29)30/h2-4,6,8-10,17,35H,5,7,11-15H2,1H3. The summed E-state index contributed by atoms with van der Waals surface area (Å²) in [7, 11) is -2.75. The number of ether oxygens (including phenoxy) is 2. The molecule has 0 spiro atoms. The minimum Gasteiger partial charge on any atom is -0.473 e. The zero-order valence-corrected chi connectivity index (χ0v) is 23.0. The fourth-order valence-electron chi connectivity index (χ4n) is 5.27. The number of rotatable bonds is 9. The largest absolute Gasteiger partial charge is 0.473 e. The first kappa shape index (κ1) is 29.7. The number of aliphatic hydroxyl groups excluding tert-OH is 1. The summed E-state index contributed by atoms with van der Waals surface area (Å²) in [6.45, 7) is 0.106. The second-order valence-electron chi connectivity index (χ2n) is 10.2. The molecule has 0 saturated carbocycles. The zero-order chi connectivity index (χ0) is 30.3. The highest BCUT2D eigenvalue weighted by molar-refractivity contribution is 7.86. The molecule has 2 aromatic heterocycles. The molecule has 1 saturated heterocycles. The van der Waals surface area contributed by atoms with E-state index in [1.807, 2.05) is 4.90 Å². The predicted octanol–water partition coefficient (Wildman–Crippen LogP) is 3.10. The predicted molar refractivity (Wildman–Crippen MR) is 139 cm³/mol. The number of alkyl halides is 3. The molecular weight excluding hydrogens is 588 g/mol. The van der Waals surface area contributed by atoms with Crippen molar-refractivity contribution in [3.63, 3.8) is 0 Å². The molecule has 2 aliphatic heterocycles. The molecule has 0 amide bonds. The van der Waals surface area contributed by atoms with Crippen LogP contribution in [0.5, 0.6) is 17.4 Å². The van der Waals surface area contributed by atoms with Gasteiger partial charge < -0.3 is 19.5 Å². The van der Waals surface area contributed by atoms with E-state index in [0.29, 0.717) is 36.8 Å². The average Bonchev–Trinajstić information content (AvgIpc) is 3.30. The van der Waals surface area contributed by atoms with E-state index in [1.54, 1.807) is 6.07 Å². The summed E-state index contributed by atoms with van der Waals surface area (Å²) < 4.78 is 94.5. The number of pyridine rings is 1. The van der Waals surface area contributed by atoms with Crippen LogP contribution in [0.4, 0.5) is 23.4 Å². The maximum Gasteiger partial charge on any atom is 0.433 e. The molecule has 5 rings (SSSR count). The van der Waals surface area contributed by atoms with Crippen molar-refractivity contribution in [1.29, 1.82) is 0 Å². The molecule has 0 bridgehead atoms. The van der Waals surface area contributed by atoms with Gasteiger partial charge in [0.15, 0.2) is 11.6 Å². The molecular formula is C26H26F4N4O7S. The third-order valence-electron chi connectivity index (χ3n) is 7.35. The number of fused-ring (bicyclic) bond motifs is 3. The molecule has 226 valence electrons. The summed E-state index contributed by atoms with van der Waals surface area (Å²) in [6, 6.07) is 6.92. The molecule has 2 unspecified atom stereocenters. The quantitative estimate of drug-likeness (QED) is 0.283. The topological polar surface area (TPSA) is 133 Å². The first-order valence-electron chi connectivity index (χ1n) is 12.7. The number of hydrogen-bond donors (Lipinski definition) is 1. The van der Waals surface area contributed by atoms with Gasteiger partial charge >= 0.3 is 11.9 Å². The van der Waals surface area contributed by atoms with Crippen LogP contribution in [0.25, 0.3) is 0 Å². The average molecular weight is 615 g/mol. The maximum absolute atomic E-state index is 14.7. The number of nitrogens with zero attached hydrogens (tertiary/aromatic N) is 4. The lowest BCUT2D eigenvalue weighted by Crippen LogP contribution is -2.50. The molecule has 0 aliphatic carbocycles. The summed E-state index contributed by atoms with van der Waals surface area (Å²) in [5.74, 6) is -1.21. The van der Waals surface area contributed by atoms with E-state index in [4.69, 9.17) is 9.47 Å². The van der Waals surface area contributed by atoms with Gasteiger partial charge in [-0.1, -0.05) is 6.07 Å². The molecule has 2 atom stereocenters. The summed E-state index contributed by atoms with van der Waals surface area (Å²) >= 11 is 0. The monoisotopic (exact) mass is 614 g/mol. The highest BCUT2D eigenvalue weighted by Crippen LogP contribution is 2.42. The maximum atomic E-state index is 14.7. The molecule has 1 N–H and O–H groups in total. The van der Waals surface area contributed by atoms with E-state index >= 15 is 0 Å². The second kappa shape index (κ2) is 11.1. The summed E-state index contributed by atoms with van der Waals surface area (Å²) in [6.07, 6.45) is -3.11. The van der Waals surface area contributed by atoms with Gasteiger partial charge in [-0.3, -0.25) is 13.7 Å². The van der Waals surface area contributed by atoms with Gasteiger partial charge in [-0.15, -0.1) is 0 Å². The highest BCUT2D eigenvalue weighted by atomic mass is 32.2. The smallest absolute Gasteiger partial charge is 0.433 e. The van der Waals surface area contributed by atoms with Crippen LogP contribution in [-0.4, -0.2) is 60.1 Å². The lowest BCUT2D eigenvalue weighted by atomic mass is 9.77. The molecule has 16 heteroatoms. The van der Waals surface area contributed by atoms with Gasteiger partial charge in [0.2, 0.25) is 5.88 Å². The van der Waals surface area contributed by atoms with Crippen LogP contribution in [0.15, 0.2) is 47.4 Å². The number of aliphatic hydroxyl groups is 1. The first-order valence-corrected chi connectivity index (χ1v) is 14.3. The van der Waals surface area contributed by atoms with Crippen molar-refractivity contribution >= 4 is 15.9 Å². The van der Waals surface area contributed by atoms with Gasteiger partial charge in [0.25, 0.3) is 10.1 Å². The van der Waals surface area contributed by atoms with E-state index in [2.05, 4.69) is 14.2 Å². The Balaban J connectivity index is 1.26. The van der Waals surface area contributed by atoms with Crippen LogP contribution in [0, 0.1) is 11.2 Å².